The van der Waals surface area contributed by atoms with Gasteiger partial charge in [0.25, 0.3) is 0 Å². The third-order valence-electron chi connectivity index (χ3n) is 7.79. The Kier molecular flexibility index (Phi) is 4.91. The fourth-order valence-electron chi connectivity index (χ4n) is 6.34. The van der Waals surface area contributed by atoms with Gasteiger partial charge in [-0.15, -0.1) is 0 Å². The van der Waals surface area contributed by atoms with Gasteiger partial charge in [-0.05, 0) is 51.5 Å². The van der Waals surface area contributed by atoms with Gasteiger partial charge in [0.1, 0.15) is 5.75 Å². The average molecular weight is 547 g/mol. The second kappa shape index (κ2) is 7.83. The summed E-state index contributed by atoms with van der Waals surface area (Å²) in [5.41, 5.74) is 6.99. The van der Waals surface area contributed by atoms with Gasteiger partial charge in [0.15, 0.2) is 11.6 Å². The molecule has 0 aromatic heterocycles. The van der Waals surface area contributed by atoms with Crippen LogP contribution >= 0.6 is 15.9 Å². The lowest BCUT2D eigenvalue weighted by atomic mass is 9.59. The highest BCUT2D eigenvalue weighted by molar-refractivity contribution is 9.12. The number of phenolic OH excluding ortho intramolecular Hbond substituents is 1. The fraction of sp³-hybridized carbons (Fsp3) is 0.222. The first-order valence-electron chi connectivity index (χ1n) is 11.5. The molecule has 8 nitrogen and oxygen atoms in total. The Morgan fingerprint density at radius 2 is 1.78 bits per heavy atom. The van der Waals surface area contributed by atoms with E-state index < -0.39 is 41.5 Å². The highest BCUT2D eigenvalue weighted by Gasteiger charge is 2.57. The van der Waals surface area contributed by atoms with Crippen LogP contribution in [0.25, 0.3) is 10.8 Å². The Bertz CT molecular complexity index is 1550. The molecule has 4 aliphatic rings. The van der Waals surface area contributed by atoms with E-state index in [1.807, 2.05) is 30.3 Å². The zero-order chi connectivity index (χ0) is 25.5. The first-order valence-corrected chi connectivity index (χ1v) is 12.3. The number of carbonyl (C=O) groups excluding carboxylic acids is 5. The molecule has 1 saturated heterocycles. The quantitative estimate of drug-likeness (QED) is 0.319. The van der Waals surface area contributed by atoms with Crippen LogP contribution in [0.4, 0.5) is 4.79 Å². The van der Waals surface area contributed by atoms with Gasteiger partial charge in [-0.3, -0.25) is 19.2 Å². The van der Waals surface area contributed by atoms with Crippen molar-refractivity contribution in [2.24, 2.45) is 23.5 Å². The molecule has 6 rings (SSSR count). The molecule has 1 fully saturated rings. The molecule has 0 saturated carbocycles. The minimum atomic E-state index is -1.13. The number of imide groups is 3. The maximum atomic E-state index is 13.4. The van der Waals surface area contributed by atoms with Crippen molar-refractivity contribution in [3.05, 3.63) is 75.3 Å². The number of hydrogen-bond donors (Lipinski definition) is 2. The minimum Gasteiger partial charge on any atom is -0.508 e. The standard InChI is InChI=1S/C27H19BrN2O6/c28-17-10-19(32)22-16(24(17)33)9-15-13(6-7-14-20(15)26(35)30(25(14)34)27(29)36)23(22)21-12-4-2-1-3-11(12)5-8-18(21)31/h1-6,8,10,14-15,20,23,31H,7,9H2,(H2,29,36)/t14-,15+,20-,23+/m0/s1. The van der Waals surface area contributed by atoms with Gasteiger partial charge in [0, 0.05) is 28.7 Å². The number of likely N-dealkylation sites (tertiary alicyclic amines) is 1. The summed E-state index contributed by atoms with van der Waals surface area (Å²) in [6, 6.07) is 9.58. The summed E-state index contributed by atoms with van der Waals surface area (Å²) in [6.45, 7) is 0. The number of benzene rings is 2. The third-order valence-corrected chi connectivity index (χ3v) is 8.38. The molecule has 1 aliphatic heterocycles. The maximum Gasteiger partial charge on any atom is 0.328 e. The summed E-state index contributed by atoms with van der Waals surface area (Å²) in [5, 5.41) is 12.6. The topological polar surface area (TPSA) is 135 Å². The number of carbonyl (C=O) groups is 5. The molecule has 0 spiro atoms. The number of primary amides is 1. The number of halogens is 1. The van der Waals surface area contributed by atoms with Crippen LogP contribution in [0, 0.1) is 17.8 Å². The van der Waals surface area contributed by atoms with E-state index in [1.165, 1.54) is 6.08 Å². The molecule has 3 N–H and O–H groups in total. The number of aromatic hydroxyl groups is 1. The number of hydrogen-bond acceptors (Lipinski definition) is 6. The number of ketones is 2. The third kappa shape index (κ3) is 2.95. The molecule has 0 bridgehead atoms. The Hall–Kier alpha value is -3.85. The highest BCUT2D eigenvalue weighted by Crippen LogP contribution is 2.57. The van der Waals surface area contributed by atoms with E-state index in [4.69, 9.17) is 5.73 Å². The van der Waals surface area contributed by atoms with Gasteiger partial charge in [0.05, 0.1) is 16.3 Å². The Labute approximate surface area is 213 Å². The summed E-state index contributed by atoms with van der Waals surface area (Å²) in [4.78, 5) is 65.2. The first kappa shape index (κ1) is 22.6. The van der Waals surface area contributed by atoms with Gasteiger partial charge in [-0.25, -0.2) is 4.79 Å². The maximum absolute atomic E-state index is 13.4. The average Bonchev–Trinajstić information content (AvgIpc) is 3.11. The monoisotopic (exact) mass is 546 g/mol. The number of urea groups is 1. The van der Waals surface area contributed by atoms with Crippen LogP contribution in [-0.2, 0) is 19.2 Å². The molecule has 0 radical (unpaired) electrons. The molecule has 1 heterocycles. The van der Waals surface area contributed by atoms with Gasteiger partial charge < -0.3 is 10.8 Å². The Morgan fingerprint density at radius 3 is 2.53 bits per heavy atom. The molecule has 36 heavy (non-hydrogen) atoms. The van der Waals surface area contributed by atoms with Crippen molar-refractivity contribution < 1.29 is 29.1 Å². The molecule has 3 aliphatic carbocycles. The molecule has 180 valence electrons. The normalized spacial score (nSPS) is 27.5. The number of rotatable bonds is 1. The predicted molar refractivity (Wildman–Crippen MR) is 132 cm³/mol. The van der Waals surface area contributed by atoms with Crippen LogP contribution in [-0.4, -0.2) is 39.4 Å². The van der Waals surface area contributed by atoms with Crippen LogP contribution in [0.5, 0.6) is 5.75 Å². The molecular formula is C27H19BrN2O6. The second-order valence-corrected chi connectivity index (χ2v) is 10.3. The summed E-state index contributed by atoms with van der Waals surface area (Å²) in [7, 11) is 0. The molecule has 4 amide bonds. The molecular weight excluding hydrogens is 528 g/mol. The van der Waals surface area contributed by atoms with E-state index in [0.717, 1.165) is 5.39 Å². The van der Waals surface area contributed by atoms with Crippen molar-refractivity contribution in [3.63, 3.8) is 0 Å². The van der Waals surface area contributed by atoms with Crippen molar-refractivity contribution in [1.29, 1.82) is 0 Å². The molecule has 4 atom stereocenters. The van der Waals surface area contributed by atoms with Crippen LogP contribution in [0.15, 0.2) is 69.8 Å². The van der Waals surface area contributed by atoms with E-state index in [1.54, 1.807) is 12.1 Å². The van der Waals surface area contributed by atoms with E-state index in [2.05, 4.69) is 15.9 Å². The minimum absolute atomic E-state index is 0.0457. The number of phenols is 1. The van der Waals surface area contributed by atoms with Crippen LogP contribution in [0.3, 0.4) is 0 Å². The number of Topliss-reactive ketones (excluding diaryl/α,β-unsaturated/α-hetero) is 1. The van der Waals surface area contributed by atoms with Crippen molar-refractivity contribution in [3.8, 4) is 5.75 Å². The van der Waals surface area contributed by atoms with Gasteiger partial charge in [-0.2, -0.15) is 4.90 Å². The smallest absolute Gasteiger partial charge is 0.328 e. The van der Waals surface area contributed by atoms with Crippen molar-refractivity contribution >= 4 is 56.1 Å². The number of amides is 4. The Morgan fingerprint density at radius 1 is 1.03 bits per heavy atom. The summed E-state index contributed by atoms with van der Waals surface area (Å²) in [6.07, 6.45) is 3.30. The van der Waals surface area contributed by atoms with E-state index in [9.17, 15) is 29.1 Å². The Balaban J connectivity index is 1.62. The van der Waals surface area contributed by atoms with Gasteiger partial charge in [-0.1, -0.05) is 42.0 Å². The SMILES string of the molecule is NC(=O)N1C(=O)[C@H]2[C@H](CC=C3[C@H](c4c(O)ccc5ccccc45)C4=C(C[C@H]32)C(=O)C(Br)=CC4=O)C1=O. The van der Waals surface area contributed by atoms with Gasteiger partial charge >= 0.3 is 6.03 Å². The number of fused-ring (bicyclic) bond motifs is 4. The van der Waals surface area contributed by atoms with Crippen LogP contribution < -0.4 is 5.73 Å². The second-order valence-electron chi connectivity index (χ2n) is 9.46. The van der Waals surface area contributed by atoms with Crippen LogP contribution in [0.2, 0.25) is 0 Å². The lowest BCUT2D eigenvalue weighted by Crippen LogP contribution is -2.42. The van der Waals surface area contributed by atoms with E-state index in [0.29, 0.717) is 21.4 Å². The molecule has 2 aromatic carbocycles. The van der Waals surface area contributed by atoms with Crippen LogP contribution in [0.1, 0.15) is 24.3 Å². The van der Waals surface area contributed by atoms with Crippen molar-refractivity contribution in [1.82, 2.24) is 4.90 Å². The zero-order valence-corrected chi connectivity index (χ0v) is 20.3. The van der Waals surface area contributed by atoms with Gasteiger partial charge in [0.2, 0.25) is 11.8 Å². The number of nitrogens with two attached hydrogens (primary N) is 1. The van der Waals surface area contributed by atoms with Crippen molar-refractivity contribution in [2.75, 3.05) is 0 Å². The van der Waals surface area contributed by atoms with E-state index in [-0.39, 0.29) is 45.8 Å². The van der Waals surface area contributed by atoms with E-state index >= 15 is 0 Å². The predicted octanol–water partition coefficient (Wildman–Crippen LogP) is 3.39. The summed E-state index contributed by atoms with van der Waals surface area (Å²) >= 11 is 3.18. The molecule has 0 unspecified atom stereocenters. The lowest BCUT2D eigenvalue weighted by molar-refractivity contribution is -0.136. The lowest BCUT2D eigenvalue weighted by Gasteiger charge is -2.42. The largest absolute Gasteiger partial charge is 0.508 e. The van der Waals surface area contributed by atoms with Crippen molar-refractivity contribution in [2.45, 2.75) is 18.8 Å². The number of nitrogens with zero attached hydrogens (tertiary/aromatic N) is 1. The molecule has 2 aromatic rings. The summed E-state index contributed by atoms with van der Waals surface area (Å²) < 4.78 is 0.111. The molecule has 9 heteroatoms. The highest BCUT2D eigenvalue weighted by atomic mass is 79.9. The number of allylic oxidation sites excluding steroid dienone is 6. The fourth-order valence-corrected chi connectivity index (χ4v) is 6.79. The summed E-state index contributed by atoms with van der Waals surface area (Å²) in [5.74, 6) is -5.22. The zero-order valence-electron chi connectivity index (χ0n) is 18.7. The first-order chi connectivity index (χ1) is 17.2.